The highest BCUT2D eigenvalue weighted by Crippen LogP contribution is 2.47. The molecular weight excluding hydrogens is 538 g/mol. The second-order valence-electron chi connectivity index (χ2n) is 9.75. The predicted octanol–water partition coefficient (Wildman–Crippen LogP) is 8.16. The van der Waals surface area contributed by atoms with Crippen LogP contribution in [0.25, 0.3) is 0 Å². The Labute approximate surface area is 230 Å². The minimum atomic E-state index is -0.244. The summed E-state index contributed by atoms with van der Waals surface area (Å²) in [6, 6.07) is 35.2. The van der Waals surface area contributed by atoms with Crippen molar-refractivity contribution in [3.63, 3.8) is 0 Å². The highest BCUT2D eigenvalue weighted by atomic mass is 79.9. The molecule has 0 saturated carbocycles. The second kappa shape index (κ2) is 10.4. The van der Waals surface area contributed by atoms with Gasteiger partial charge in [0.05, 0.1) is 0 Å². The third-order valence-corrected chi connectivity index (χ3v) is 7.88. The number of benzene rings is 4. The normalized spacial score (nSPS) is 19.3. The molecule has 0 radical (unpaired) electrons. The number of carbonyl (C=O) groups is 2. The molecule has 1 heterocycles. The van der Waals surface area contributed by atoms with Crippen molar-refractivity contribution < 1.29 is 14.3 Å². The van der Waals surface area contributed by atoms with E-state index < -0.39 is 0 Å². The molecule has 4 nitrogen and oxygen atoms in total. The van der Waals surface area contributed by atoms with E-state index in [0.717, 1.165) is 38.3 Å². The van der Waals surface area contributed by atoms with E-state index in [-0.39, 0.29) is 29.9 Å². The molecule has 0 bridgehead atoms. The Morgan fingerprint density at radius 1 is 0.658 bits per heavy atom. The first-order chi connectivity index (χ1) is 18.6. The van der Waals surface area contributed by atoms with Crippen molar-refractivity contribution in [2.24, 2.45) is 0 Å². The van der Waals surface area contributed by atoms with Crippen LogP contribution in [-0.2, 0) is 9.59 Å². The molecular formula is C33H26BrNO3. The van der Waals surface area contributed by atoms with Crippen molar-refractivity contribution in [1.82, 2.24) is 0 Å². The van der Waals surface area contributed by atoms with Gasteiger partial charge < -0.3 is 4.74 Å². The van der Waals surface area contributed by atoms with Crippen LogP contribution in [0, 0.1) is 0 Å². The number of ether oxygens (including phenoxy) is 1. The number of hydrogen-bond donors (Lipinski definition) is 0. The Bertz CT molecular complexity index is 1500. The standard InChI is InChI=1S/C33H26BrNO3/c34-25-13-11-23(12-14-25)29-21-32(37)35(26-15-17-28(18-16-26)38-27-9-5-2-6-10-27)30-19-24(20-31(36)33(29)30)22-7-3-1-4-8-22/h1-18,24,29H,19-21H2. The highest BCUT2D eigenvalue weighted by Gasteiger charge is 2.42. The van der Waals surface area contributed by atoms with Crippen molar-refractivity contribution in [3.05, 3.63) is 136 Å². The van der Waals surface area contributed by atoms with Crippen molar-refractivity contribution in [2.45, 2.75) is 31.1 Å². The number of ketones is 1. The molecule has 0 fully saturated rings. The number of rotatable bonds is 5. The smallest absolute Gasteiger partial charge is 0.232 e. The van der Waals surface area contributed by atoms with Gasteiger partial charge in [0.25, 0.3) is 0 Å². The molecule has 4 aromatic rings. The lowest BCUT2D eigenvalue weighted by Crippen LogP contribution is -2.41. The number of carbonyl (C=O) groups excluding carboxylic acids is 2. The number of nitrogens with zero attached hydrogens (tertiary/aromatic N) is 1. The van der Waals surface area contributed by atoms with Crippen molar-refractivity contribution in [2.75, 3.05) is 4.90 Å². The lowest BCUT2D eigenvalue weighted by Gasteiger charge is -2.40. The first kappa shape index (κ1) is 24.4. The van der Waals surface area contributed by atoms with Crippen LogP contribution in [0.15, 0.2) is 125 Å². The van der Waals surface area contributed by atoms with Crippen LogP contribution in [0.2, 0.25) is 0 Å². The van der Waals surface area contributed by atoms with Crippen LogP contribution in [0.3, 0.4) is 0 Å². The van der Waals surface area contributed by atoms with E-state index in [1.54, 1.807) is 4.90 Å². The van der Waals surface area contributed by atoms with E-state index in [1.165, 1.54) is 0 Å². The fraction of sp³-hybridized carbons (Fsp3) is 0.152. The van der Waals surface area contributed by atoms with Gasteiger partial charge in [0, 0.05) is 40.2 Å². The van der Waals surface area contributed by atoms with Gasteiger partial charge in [-0.1, -0.05) is 76.6 Å². The van der Waals surface area contributed by atoms with Gasteiger partial charge >= 0.3 is 0 Å². The Balaban J connectivity index is 1.40. The summed E-state index contributed by atoms with van der Waals surface area (Å²) in [5, 5.41) is 0. The zero-order valence-electron chi connectivity index (χ0n) is 20.7. The molecule has 1 aliphatic carbocycles. The van der Waals surface area contributed by atoms with Crippen molar-refractivity contribution in [1.29, 1.82) is 0 Å². The monoisotopic (exact) mass is 563 g/mol. The molecule has 6 rings (SSSR count). The molecule has 38 heavy (non-hydrogen) atoms. The number of hydrogen-bond acceptors (Lipinski definition) is 3. The van der Waals surface area contributed by atoms with Crippen LogP contribution in [0.5, 0.6) is 11.5 Å². The van der Waals surface area contributed by atoms with Gasteiger partial charge in [0.2, 0.25) is 5.91 Å². The minimum Gasteiger partial charge on any atom is -0.457 e. The van der Waals surface area contributed by atoms with Crippen LogP contribution >= 0.6 is 15.9 Å². The Morgan fingerprint density at radius 3 is 1.97 bits per heavy atom. The largest absolute Gasteiger partial charge is 0.457 e. The van der Waals surface area contributed by atoms with E-state index in [4.69, 9.17) is 4.74 Å². The summed E-state index contributed by atoms with van der Waals surface area (Å²) in [5.74, 6) is 1.34. The summed E-state index contributed by atoms with van der Waals surface area (Å²) in [6.45, 7) is 0. The van der Waals surface area contributed by atoms with Crippen LogP contribution < -0.4 is 9.64 Å². The molecule has 0 spiro atoms. The number of allylic oxidation sites excluding steroid dienone is 2. The van der Waals surface area contributed by atoms with E-state index >= 15 is 0 Å². The molecule has 1 aliphatic heterocycles. The summed E-state index contributed by atoms with van der Waals surface area (Å²) in [5.41, 5.74) is 4.45. The van der Waals surface area contributed by atoms with Gasteiger partial charge in [-0.2, -0.15) is 0 Å². The SMILES string of the molecule is O=C1CC(c2ccccc2)CC2=C1C(c1ccc(Br)cc1)CC(=O)N2c1ccc(Oc2ccccc2)cc1. The quantitative estimate of drug-likeness (QED) is 0.246. The summed E-state index contributed by atoms with van der Waals surface area (Å²) in [7, 11) is 0. The number of amides is 1. The maximum atomic E-state index is 13.8. The van der Waals surface area contributed by atoms with Crippen LogP contribution in [0.1, 0.15) is 42.2 Å². The third kappa shape index (κ3) is 4.82. The molecule has 0 saturated heterocycles. The molecule has 0 aromatic heterocycles. The van der Waals surface area contributed by atoms with Crippen molar-refractivity contribution in [3.8, 4) is 11.5 Å². The van der Waals surface area contributed by atoms with Gasteiger partial charge in [-0.3, -0.25) is 14.5 Å². The summed E-state index contributed by atoms with van der Waals surface area (Å²) < 4.78 is 6.93. The molecule has 5 heteroatoms. The Hall–Kier alpha value is -3.96. The fourth-order valence-electron chi connectivity index (χ4n) is 5.56. The molecule has 4 aromatic carbocycles. The van der Waals surface area contributed by atoms with Gasteiger partial charge in [0.15, 0.2) is 5.78 Å². The van der Waals surface area contributed by atoms with E-state index in [1.807, 2.05) is 97.1 Å². The van der Waals surface area contributed by atoms with Gasteiger partial charge in [0.1, 0.15) is 11.5 Å². The average Bonchev–Trinajstić information content (AvgIpc) is 2.94. The lowest BCUT2D eigenvalue weighted by atomic mass is 9.73. The number of anilines is 1. The van der Waals surface area contributed by atoms with E-state index in [9.17, 15) is 9.59 Å². The maximum absolute atomic E-state index is 13.8. The molecule has 2 atom stereocenters. The zero-order valence-corrected chi connectivity index (χ0v) is 22.3. The Morgan fingerprint density at radius 2 is 1.29 bits per heavy atom. The topological polar surface area (TPSA) is 46.6 Å². The number of para-hydroxylation sites is 1. The van der Waals surface area contributed by atoms with E-state index in [0.29, 0.717) is 18.6 Å². The summed E-state index contributed by atoms with van der Waals surface area (Å²) in [6.07, 6.45) is 1.33. The average molecular weight is 564 g/mol. The van der Waals surface area contributed by atoms with Gasteiger partial charge in [-0.25, -0.2) is 0 Å². The van der Waals surface area contributed by atoms with Gasteiger partial charge in [-0.05, 0) is 72.0 Å². The fourth-order valence-corrected chi connectivity index (χ4v) is 5.83. The number of Topliss-reactive ketones (excluding diaryl/α,β-unsaturated/α-hetero) is 1. The maximum Gasteiger partial charge on any atom is 0.232 e. The van der Waals surface area contributed by atoms with E-state index in [2.05, 4.69) is 28.1 Å². The van der Waals surface area contributed by atoms with Crippen LogP contribution in [0.4, 0.5) is 5.69 Å². The minimum absolute atomic E-state index is 0.00471. The zero-order chi connectivity index (χ0) is 26.1. The third-order valence-electron chi connectivity index (χ3n) is 7.35. The number of halogens is 1. The van der Waals surface area contributed by atoms with Crippen molar-refractivity contribution >= 4 is 33.3 Å². The molecule has 2 unspecified atom stereocenters. The summed E-state index contributed by atoms with van der Waals surface area (Å²) in [4.78, 5) is 29.3. The first-order valence-corrected chi connectivity index (χ1v) is 13.6. The molecule has 2 aliphatic rings. The molecule has 188 valence electrons. The predicted molar refractivity (Wildman–Crippen MR) is 152 cm³/mol. The van der Waals surface area contributed by atoms with Gasteiger partial charge in [-0.15, -0.1) is 0 Å². The second-order valence-corrected chi connectivity index (χ2v) is 10.7. The lowest BCUT2D eigenvalue weighted by molar-refractivity contribution is -0.120. The highest BCUT2D eigenvalue weighted by molar-refractivity contribution is 9.10. The Kier molecular flexibility index (Phi) is 6.69. The summed E-state index contributed by atoms with van der Waals surface area (Å²) >= 11 is 3.50. The van der Waals surface area contributed by atoms with Crippen LogP contribution in [-0.4, -0.2) is 11.7 Å². The first-order valence-electron chi connectivity index (χ1n) is 12.8. The molecule has 1 amide bonds. The molecule has 0 N–H and O–H groups in total.